The molecule has 0 bridgehead atoms. The Balaban J connectivity index is 1.53. The maximum atomic E-state index is 11.6. The molecule has 3 atom stereocenters. The predicted octanol–water partition coefficient (Wildman–Crippen LogP) is 4.42. The van der Waals surface area contributed by atoms with E-state index in [1.807, 2.05) is 0 Å². The molecule has 1 N–H and O–H groups in total. The summed E-state index contributed by atoms with van der Waals surface area (Å²) in [6.07, 6.45) is 6.64. The molecule has 2 nitrogen and oxygen atoms in total. The van der Waals surface area contributed by atoms with Crippen molar-refractivity contribution >= 4 is 0 Å². The lowest BCUT2D eigenvalue weighted by molar-refractivity contribution is -0.116. The van der Waals surface area contributed by atoms with E-state index in [2.05, 4.69) is 65.6 Å². The third-order valence-corrected chi connectivity index (χ3v) is 6.30. The van der Waals surface area contributed by atoms with Crippen LogP contribution in [0.5, 0.6) is 0 Å². The Bertz CT molecular complexity index is 671. The molecule has 3 unspecified atom stereocenters. The third kappa shape index (κ3) is 3.65. The first-order valence-electron chi connectivity index (χ1n) is 9.79. The summed E-state index contributed by atoms with van der Waals surface area (Å²) in [7, 11) is 0. The van der Waals surface area contributed by atoms with Crippen molar-refractivity contribution in [1.29, 1.82) is 0 Å². The summed E-state index contributed by atoms with van der Waals surface area (Å²) >= 11 is 0. The highest BCUT2D eigenvalue weighted by Gasteiger charge is 2.47. The molecule has 1 saturated heterocycles. The molecule has 0 spiro atoms. The van der Waals surface area contributed by atoms with Crippen LogP contribution in [0.2, 0.25) is 0 Å². The standard InChI is InChI=1S/C23H29NO/c25-23(17-19-9-3-1-4-10-19)15-16-24(18-20-11-5-2-6-12-20)22-14-8-7-13-21(22)23/h1-6,9-12,21-22,25H,7-8,13-18H2. The van der Waals surface area contributed by atoms with Gasteiger partial charge in [-0.3, -0.25) is 4.90 Å². The molecule has 2 fully saturated rings. The molecule has 4 rings (SSSR count). The van der Waals surface area contributed by atoms with Gasteiger partial charge in [-0.05, 0) is 30.4 Å². The summed E-state index contributed by atoms with van der Waals surface area (Å²) in [5.74, 6) is 0.402. The zero-order chi connectivity index (χ0) is 17.1. The SMILES string of the molecule is OC1(Cc2ccccc2)CCN(Cc2ccccc2)C2CCCCC21. The summed E-state index contributed by atoms with van der Waals surface area (Å²) in [5, 5.41) is 11.6. The highest BCUT2D eigenvalue weighted by Crippen LogP contribution is 2.43. The number of benzene rings is 2. The molecular formula is C23H29NO. The van der Waals surface area contributed by atoms with Crippen molar-refractivity contribution in [3.8, 4) is 0 Å². The molecule has 132 valence electrons. The number of fused-ring (bicyclic) bond motifs is 1. The molecule has 1 heterocycles. The van der Waals surface area contributed by atoms with Gasteiger partial charge in [0.15, 0.2) is 0 Å². The van der Waals surface area contributed by atoms with E-state index in [1.54, 1.807) is 0 Å². The second kappa shape index (κ2) is 7.31. The first-order chi connectivity index (χ1) is 12.2. The number of hydrogen-bond donors (Lipinski definition) is 1. The van der Waals surface area contributed by atoms with Gasteiger partial charge in [0.25, 0.3) is 0 Å². The molecule has 0 radical (unpaired) electrons. The van der Waals surface area contributed by atoms with Crippen molar-refractivity contribution in [2.45, 2.75) is 56.7 Å². The predicted molar refractivity (Wildman–Crippen MR) is 102 cm³/mol. The Hall–Kier alpha value is -1.64. The van der Waals surface area contributed by atoms with Crippen LogP contribution in [0.4, 0.5) is 0 Å². The van der Waals surface area contributed by atoms with E-state index in [0.29, 0.717) is 12.0 Å². The van der Waals surface area contributed by atoms with Crippen LogP contribution in [0.3, 0.4) is 0 Å². The Kier molecular flexibility index (Phi) is 4.91. The summed E-state index contributed by atoms with van der Waals surface area (Å²) in [5.41, 5.74) is 2.12. The minimum atomic E-state index is -0.542. The van der Waals surface area contributed by atoms with Gasteiger partial charge in [0, 0.05) is 31.5 Å². The van der Waals surface area contributed by atoms with Gasteiger partial charge in [-0.25, -0.2) is 0 Å². The molecule has 1 saturated carbocycles. The van der Waals surface area contributed by atoms with Crippen LogP contribution >= 0.6 is 0 Å². The van der Waals surface area contributed by atoms with E-state index in [4.69, 9.17) is 0 Å². The maximum absolute atomic E-state index is 11.6. The van der Waals surface area contributed by atoms with E-state index < -0.39 is 5.60 Å². The topological polar surface area (TPSA) is 23.5 Å². The fourth-order valence-electron chi connectivity index (χ4n) is 5.05. The molecule has 25 heavy (non-hydrogen) atoms. The summed E-state index contributed by atoms with van der Waals surface area (Å²) in [6, 6.07) is 21.9. The molecule has 0 aromatic heterocycles. The lowest BCUT2D eigenvalue weighted by Crippen LogP contribution is -2.59. The van der Waals surface area contributed by atoms with Gasteiger partial charge in [-0.1, -0.05) is 73.5 Å². The van der Waals surface area contributed by atoms with Crippen molar-refractivity contribution < 1.29 is 5.11 Å². The van der Waals surface area contributed by atoms with E-state index in [0.717, 1.165) is 25.9 Å². The highest BCUT2D eigenvalue weighted by molar-refractivity contribution is 5.20. The van der Waals surface area contributed by atoms with Crippen molar-refractivity contribution in [1.82, 2.24) is 4.90 Å². The van der Waals surface area contributed by atoms with E-state index in [-0.39, 0.29) is 0 Å². The number of likely N-dealkylation sites (tertiary alicyclic amines) is 1. The largest absolute Gasteiger partial charge is 0.389 e. The first kappa shape index (κ1) is 16.8. The second-order valence-electron chi connectivity index (χ2n) is 7.93. The third-order valence-electron chi connectivity index (χ3n) is 6.30. The summed E-state index contributed by atoms with van der Waals surface area (Å²) in [4.78, 5) is 2.64. The van der Waals surface area contributed by atoms with Crippen LogP contribution in [-0.4, -0.2) is 28.2 Å². The number of rotatable bonds is 4. The number of hydrogen-bond acceptors (Lipinski definition) is 2. The molecular weight excluding hydrogens is 306 g/mol. The lowest BCUT2D eigenvalue weighted by atomic mass is 9.67. The highest BCUT2D eigenvalue weighted by atomic mass is 16.3. The molecule has 0 amide bonds. The van der Waals surface area contributed by atoms with Crippen molar-refractivity contribution in [2.24, 2.45) is 5.92 Å². The number of aliphatic hydroxyl groups is 1. The molecule has 2 aromatic carbocycles. The zero-order valence-corrected chi connectivity index (χ0v) is 15.0. The fraction of sp³-hybridized carbons (Fsp3) is 0.478. The van der Waals surface area contributed by atoms with Crippen molar-refractivity contribution in [2.75, 3.05) is 6.54 Å². The van der Waals surface area contributed by atoms with Gasteiger partial charge >= 0.3 is 0 Å². The molecule has 1 aliphatic carbocycles. The molecule has 1 aliphatic heterocycles. The Labute approximate surface area is 151 Å². The Morgan fingerprint density at radius 2 is 1.52 bits per heavy atom. The van der Waals surface area contributed by atoms with Crippen LogP contribution in [0, 0.1) is 5.92 Å². The minimum Gasteiger partial charge on any atom is -0.389 e. The van der Waals surface area contributed by atoms with Crippen LogP contribution in [0.1, 0.15) is 43.2 Å². The van der Waals surface area contributed by atoms with Gasteiger partial charge in [0.1, 0.15) is 0 Å². The zero-order valence-electron chi connectivity index (χ0n) is 15.0. The second-order valence-corrected chi connectivity index (χ2v) is 7.93. The van der Waals surface area contributed by atoms with E-state index in [9.17, 15) is 5.11 Å². The average molecular weight is 335 g/mol. The average Bonchev–Trinajstić information content (AvgIpc) is 2.66. The first-order valence-corrected chi connectivity index (χ1v) is 9.79. The van der Waals surface area contributed by atoms with Crippen LogP contribution < -0.4 is 0 Å². The van der Waals surface area contributed by atoms with Gasteiger partial charge < -0.3 is 5.11 Å². The maximum Gasteiger partial charge on any atom is 0.0743 e. The molecule has 2 heteroatoms. The lowest BCUT2D eigenvalue weighted by Gasteiger charge is -2.52. The Morgan fingerprint density at radius 3 is 2.24 bits per heavy atom. The number of piperidine rings is 1. The number of nitrogens with zero attached hydrogens (tertiary/aromatic N) is 1. The van der Waals surface area contributed by atoms with Gasteiger partial charge in [-0.15, -0.1) is 0 Å². The van der Waals surface area contributed by atoms with Gasteiger partial charge in [-0.2, -0.15) is 0 Å². The Morgan fingerprint density at radius 1 is 0.880 bits per heavy atom. The quantitative estimate of drug-likeness (QED) is 0.894. The van der Waals surface area contributed by atoms with Crippen molar-refractivity contribution in [3.05, 3.63) is 71.8 Å². The summed E-state index contributed by atoms with van der Waals surface area (Å²) in [6.45, 7) is 2.02. The molecule has 2 aromatic rings. The smallest absolute Gasteiger partial charge is 0.0743 e. The van der Waals surface area contributed by atoms with Crippen LogP contribution in [0.25, 0.3) is 0 Å². The van der Waals surface area contributed by atoms with Crippen molar-refractivity contribution in [3.63, 3.8) is 0 Å². The van der Waals surface area contributed by atoms with Crippen LogP contribution in [-0.2, 0) is 13.0 Å². The van der Waals surface area contributed by atoms with Crippen LogP contribution in [0.15, 0.2) is 60.7 Å². The normalized spacial score (nSPS) is 30.0. The fourth-order valence-corrected chi connectivity index (χ4v) is 5.05. The molecule has 2 aliphatic rings. The van der Waals surface area contributed by atoms with E-state index >= 15 is 0 Å². The summed E-state index contributed by atoms with van der Waals surface area (Å²) < 4.78 is 0. The monoisotopic (exact) mass is 335 g/mol. The van der Waals surface area contributed by atoms with Gasteiger partial charge in [0.05, 0.1) is 5.60 Å². The van der Waals surface area contributed by atoms with E-state index in [1.165, 1.54) is 36.8 Å². The van der Waals surface area contributed by atoms with Gasteiger partial charge in [0.2, 0.25) is 0 Å². The minimum absolute atomic E-state index is 0.402.